The van der Waals surface area contributed by atoms with Crippen LogP contribution in [-0.2, 0) is 0 Å². The van der Waals surface area contributed by atoms with Gasteiger partial charge in [0, 0.05) is 29.9 Å². The first-order valence-electron chi connectivity index (χ1n) is 6.32. The van der Waals surface area contributed by atoms with Crippen LogP contribution in [0, 0.1) is 0 Å². The van der Waals surface area contributed by atoms with E-state index in [4.69, 9.17) is 10.5 Å². The number of hydrogen-bond donors (Lipinski definition) is 1. The first kappa shape index (κ1) is 14.6. The quantitative estimate of drug-likeness (QED) is 0.786. The van der Waals surface area contributed by atoms with Gasteiger partial charge >= 0.3 is 0 Å². The third-order valence-electron chi connectivity index (χ3n) is 2.98. The summed E-state index contributed by atoms with van der Waals surface area (Å²) in [6.07, 6.45) is 1.91. The standard InChI is InChI=1S/C15H24N2O/c1-6-10-17(11(2)3)13-8-7-9-14(18-5)15(13)12(4)16/h6-9,11-12H,1,10,16H2,2-5H3/t12-/m1/s1. The Balaban J connectivity index is 3.32. The molecule has 0 aliphatic heterocycles. The van der Waals surface area contributed by atoms with Gasteiger partial charge in [-0.2, -0.15) is 0 Å². The lowest BCUT2D eigenvalue weighted by Crippen LogP contribution is -2.32. The molecular weight excluding hydrogens is 224 g/mol. The number of methoxy groups -OCH3 is 1. The predicted molar refractivity (Wildman–Crippen MR) is 78.3 cm³/mol. The molecule has 100 valence electrons. The first-order valence-corrected chi connectivity index (χ1v) is 6.32. The second-order valence-electron chi connectivity index (χ2n) is 4.72. The SMILES string of the molecule is C=CCN(c1cccc(OC)c1[C@@H](C)N)C(C)C. The van der Waals surface area contributed by atoms with E-state index in [0.29, 0.717) is 6.04 Å². The number of ether oxygens (including phenoxy) is 1. The number of rotatable bonds is 6. The van der Waals surface area contributed by atoms with Crippen molar-refractivity contribution in [2.24, 2.45) is 5.73 Å². The molecule has 0 aliphatic rings. The van der Waals surface area contributed by atoms with Gasteiger partial charge in [-0.25, -0.2) is 0 Å². The Labute approximate surface area is 110 Å². The zero-order valence-corrected chi connectivity index (χ0v) is 11.8. The third kappa shape index (κ3) is 3.05. The fraction of sp³-hybridized carbons (Fsp3) is 0.467. The molecule has 0 amide bonds. The summed E-state index contributed by atoms with van der Waals surface area (Å²) in [5.74, 6) is 0.845. The lowest BCUT2D eigenvalue weighted by Gasteiger charge is -2.31. The molecule has 0 aromatic heterocycles. The molecule has 1 aromatic rings. The molecule has 3 heteroatoms. The zero-order valence-electron chi connectivity index (χ0n) is 11.8. The second kappa shape index (κ2) is 6.45. The number of nitrogens with two attached hydrogens (primary N) is 1. The van der Waals surface area contributed by atoms with Crippen LogP contribution in [0.5, 0.6) is 5.75 Å². The highest BCUT2D eigenvalue weighted by molar-refractivity contribution is 5.61. The topological polar surface area (TPSA) is 38.5 Å². The van der Waals surface area contributed by atoms with Crippen molar-refractivity contribution in [2.75, 3.05) is 18.6 Å². The summed E-state index contributed by atoms with van der Waals surface area (Å²) in [4.78, 5) is 2.27. The van der Waals surface area contributed by atoms with Crippen LogP contribution in [0.15, 0.2) is 30.9 Å². The van der Waals surface area contributed by atoms with E-state index in [1.807, 2.05) is 25.1 Å². The molecule has 0 unspecified atom stereocenters. The average molecular weight is 248 g/mol. The average Bonchev–Trinajstić information content (AvgIpc) is 2.34. The Hall–Kier alpha value is -1.48. The molecule has 0 spiro atoms. The highest BCUT2D eigenvalue weighted by Crippen LogP contribution is 2.34. The molecule has 0 saturated carbocycles. The van der Waals surface area contributed by atoms with Gasteiger partial charge in [0.05, 0.1) is 7.11 Å². The Kier molecular flexibility index (Phi) is 5.23. The maximum atomic E-state index is 6.09. The molecule has 0 fully saturated rings. The Bertz CT molecular complexity index is 399. The van der Waals surface area contributed by atoms with E-state index in [1.165, 1.54) is 0 Å². The molecule has 1 aromatic carbocycles. The van der Waals surface area contributed by atoms with Crippen molar-refractivity contribution in [3.05, 3.63) is 36.4 Å². The lowest BCUT2D eigenvalue weighted by molar-refractivity contribution is 0.407. The fourth-order valence-electron chi connectivity index (χ4n) is 2.14. The molecule has 0 saturated heterocycles. The van der Waals surface area contributed by atoms with Gasteiger partial charge < -0.3 is 15.4 Å². The van der Waals surface area contributed by atoms with Crippen LogP contribution in [-0.4, -0.2) is 19.7 Å². The number of nitrogens with zero attached hydrogens (tertiary/aromatic N) is 1. The minimum atomic E-state index is -0.0674. The summed E-state index contributed by atoms with van der Waals surface area (Å²) in [6, 6.07) is 6.35. The third-order valence-corrected chi connectivity index (χ3v) is 2.98. The smallest absolute Gasteiger partial charge is 0.125 e. The summed E-state index contributed by atoms with van der Waals surface area (Å²) in [6.45, 7) is 10.9. The number of benzene rings is 1. The molecule has 0 radical (unpaired) electrons. The van der Waals surface area contributed by atoms with E-state index in [0.717, 1.165) is 23.5 Å². The number of anilines is 1. The fourth-order valence-corrected chi connectivity index (χ4v) is 2.14. The van der Waals surface area contributed by atoms with Crippen LogP contribution in [0.2, 0.25) is 0 Å². The van der Waals surface area contributed by atoms with Gasteiger partial charge in [-0.1, -0.05) is 12.1 Å². The van der Waals surface area contributed by atoms with Crippen molar-refractivity contribution in [3.63, 3.8) is 0 Å². The highest BCUT2D eigenvalue weighted by Gasteiger charge is 2.18. The van der Waals surface area contributed by atoms with Crippen molar-refractivity contribution >= 4 is 5.69 Å². The zero-order chi connectivity index (χ0) is 13.7. The molecule has 3 nitrogen and oxygen atoms in total. The first-order chi connectivity index (χ1) is 8.52. The van der Waals surface area contributed by atoms with Crippen LogP contribution in [0.3, 0.4) is 0 Å². The Morgan fingerprint density at radius 2 is 2.06 bits per heavy atom. The van der Waals surface area contributed by atoms with Crippen molar-refractivity contribution < 1.29 is 4.74 Å². The van der Waals surface area contributed by atoms with Gasteiger partial charge in [0.2, 0.25) is 0 Å². The highest BCUT2D eigenvalue weighted by atomic mass is 16.5. The molecule has 18 heavy (non-hydrogen) atoms. The van der Waals surface area contributed by atoms with E-state index >= 15 is 0 Å². The molecule has 0 heterocycles. The maximum Gasteiger partial charge on any atom is 0.125 e. The van der Waals surface area contributed by atoms with Crippen LogP contribution >= 0.6 is 0 Å². The van der Waals surface area contributed by atoms with E-state index in [9.17, 15) is 0 Å². The largest absolute Gasteiger partial charge is 0.496 e. The minimum absolute atomic E-state index is 0.0674. The number of hydrogen-bond acceptors (Lipinski definition) is 3. The Morgan fingerprint density at radius 1 is 1.39 bits per heavy atom. The van der Waals surface area contributed by atoms with Crippen LogP contribution in [0.1, 0.15) is 32.4 Å². The second-order valence-corrected chi connectivity index (χ2v) is 4.72. The summed E-state index contributed by atoms with van der Waals surface area (Å²) in [5, 5.41) is 0. The van der Waals surface area contributed by atoms with Gasteiger partial charge in [-0.3, -0.25) is 0 Å². The monoisotopic (exact) mass is 248 g/mol. The van der Waals surface area contributed by atoms with E-state index in [-0.39, 0.29) is 6.04 Å². The molecular formula is C15H24N2O. The van der Waals surface area contributed by atoms with Crippen molar-refractivity contribution in [1.29, 1.82) is 0 Å². The van der Waals surface area contributed by atoms with Crippen molar-refractivity contribution in [1.82, 2.24) is 0 Å². The van der Waals surface area contributed by atoms with Crippen LogP contribution < -0.4 is 15.4 Å². The minimum Gasteiger partial charge on any atom is -0.496 e. The van der Waals surface area contributed by atoms with Gasteiger partial charge in [-0.05, 0) is 32.9 Å². The molecule has 2 N–H and O–H groups in total. The van der Waals surface area contributed by atoms with Gasteiger partial charge in [0.1, 0.15) is 5.75 Å². The molecule has 0 bridgehead atoms. The van der Waals surface area contributed by atoms with E-state index in [1.54, 1.807) is 7.11 Å². The van der Waals surface area contributed by atoms with E-state index < -0.39 is 0 Å². The Morgan fingerprint density at radius 3 is 2.50 bits per heavy atom. The molecule has 1 rings (SSSR count). The maximum absolute atomic E-state index is 6.09. The summed E-state index contributed by atoms with van der Waals surface area (Å²) >= 11 is 0. The normalized spacial score (nSPS) is 12.3. The summed E-state index contributed by atoms with van der Waals surface area (Å²) < 4.78 is 5.42. The van der Waals surface area contributed by atoms with Crippen LogP contribution in [0.25, 0.3) is 0 Å². The molecule has 0 aliphatic carbocycles. The summed E-state index contributed by atoms with van der Waals surface area (Å²) in [7, 11) is 1.68. The van der Waals surface area contributed by atoms with Crippen molar-refractivity contribution in [2.45, 2.75) is 32.9 Å². The van der Waals surface area contributed by atoms with Gasteiger partial charge in [0.15, 0.2) is 0 Å². The predicted octanol–water partition coefficient (Wildman–Crippen LogP) is 3.12. The summed E-state index contributed by atoms with van der Waals surface area (Å²) in [5.41, 5.74) is 8.27. The van der Waals surface area contributed by atoms with E-state index in [2.05, 4.69) is 31.4 Å². The van der Waals surface area contributed by atoms with Crippen LogP contribution in [0.4, 0.5) is 5.69 Å². The van der Waals surface area contributed by atoms with Gasteiger partial charge in [-0.15, -0.1) is 6.58 Å². The van der Waals surface area contributed by atoms with Crippen molar-refractivity contribution in [3.8, 4) is 5.75 Å². The molecule has 1 atom stereocenters. The lowest BCUT2D eigenvalue weighted by atomic mass is 10.0. The van der Waals surface area contributed by atoms with Gasteiger partial charge in [0.25, 0.3) is 0 Å².